The largest absolute Gasteiger partial charge is 0.493 e. The summed E-state index contributed by atoms with van der Waals surface area (Å²) in [6.45, 7) is 4.39. The lowest BCUT2D eigenvalue weighted by atomic mass is 10.2. The number of hydrogen-bond donors (Lipinski definition) is 1. The number of aryl methyl sites for hydroxylation is 1. The van der Waals surface area contributed by atoms with Crippen molar-refractivity contribution < 1.29 is 14.5 Å². The maximum atomic E-state index is 12.2. The molecular formula is C15H17N2O2+. The topological polar surface area (TPSA) is 52.5 Å². The van der Waals surface area contributed by atoms with E-state index in [9.17, 15) is 4.79 Å². The summed E-state index contributed by atoms with van der Waals surface area (Å²) in [6.07, 6.45) is 1.79. The van der Waals surface area contributed by atoms with E-state index >= 15 is 0 Å². The molecule has 0 radical (unpaired) electrons. The molecule has 1 amide bonds. The molecule has 1 aromatic carbocycles. The average molecular weight is 257 g/mol. The number of carbonyl (C=O) groups is 1. The Kier molecular flexibility index (Phi) is 4.13. The Morgan fingerprint density at radius 3 is 2.84 bits per heavy atom. The van der Waals surface area contributed by atoms with E-state index in [1.165, 1.54) is 0 Å². The van der Waals surface area contributed by atoms with Gasteiger partial charge in [0.1, 0.15) is 11.3 Å². The molecule has 0 spiro atoms. The first kappa shape index (κ1) is 13.1. The van der Waals surface area contributed by atoms with E-state index in [1.54, 1.807) is 18.3 Å². The molecule has 2 rings (SSSR count). The van der Waals surface area contributed by atoms with Crippen molar-refractivity contribution in [2.75, 3.05) is 11.9 Å². The summed E-state index contributed by atoms with van der Waals surface area (Å²) in [5.41, 5.74) is 1.60. The first-order chi connectivity index (χ1) is 9.20. The maximum absolute atomic E-state index is 12.2. The molecule has 0 bridgehead atoms. The monoisotopic (exact) mass is 257 g/mol. The molecule has 2 N–H and O–H groups in total. The Balaban J connectivity index is 2.20. The summed E-state index contributed by atoms with van der Waals surface area (Å²) in [7, 11) is 0. The Morgan fingerprint density at radius 2 is 2.11 bits per heavy atom. The number of carbonyl (C=O) groups excluding carboxylic acids is 1. The van der Waals surface area contributed by atoms with E-state index in [2.05, 4.69) is 10.3 Å². The summed E-state index contributed by atoms with van der Waals surface area (Å²) in [5.74, 6) is 1.07. The van der Waals surface area contributed by atoms with Crippen molar-refractivity contribution in [1.82, 2.24) is 0 Å². The van der Waals surface area contributed by atoms with Crippen molar-refractivity contribution in [2.45, 2.75) is 13.8 Å². The van der Waals surface area contributed by atoms with Crippen molar-refractivity contribution in [2.24, 2.45) is 0 Å². The lowest BCUT2D eigenvalue weighted by Gasteiger charge is -2.07. The van der Waals surface area contributed by atoms with Gasteiger partial charge < -0.3 is 4.74 Å². The van der Waals surface area contributed by atoms with E-state index in [0.717, 1.165) is 5.56 Å². The molecule has 1 aromatic heterocycles. The summed E-state index contributed by atoms with van der Waals surface area (Å²) in [6, 6.07) is 11.0. The van der Waals surface area contributed by atoms with Crippen LogP contribution in [0.3, 0.4) is 0 Å². The van der Waals surface area contributed by atoms with E-state index in [0.29, 0.717) is 23.7 Å². The van der Waals surface area contributed by atoms with E-state index in [1.807, 2.05) is 38.1 Å². The van der Waals surface area contributed by atoms with Crippen molar-refractivity contribution in [3.63, 3.8) is 0 Å². The summed E-state index contributed by atoms with van der Waals surface area (Å²) in [5, 5.41) is 2.82. The van der Waals surface area contributed by atoms with Crippen LogP contribution in [0.1, 0.15) is 22.8 Å². The summed E-state index contributed by atoms with van der Waals surface area (Å²) < 4.78 is 5.45. The Morgan fingerprint density at radius 1 is 1.32 bits per heavy atom. The van der Waals surface area contributed by atoms with Crippen molar-refractivity contribution in [3.05, 3.63) is 53.7 Å². The summed E-state index contributed by atoms with van der Waals surface area (Å²) >= 11 is 0. The first-order valence-electron chi connectivity index (χ1n) is 6.22. The number of nitrogens with one attached hydrogen (secondary N) is 2. The average Bonchev–Trinajstić information content (AvgIpc) is 2.39. The molecule has 0 fully saturated rings. The molecular weight excluding hydrogens is 240 g/mol. The van der Waals surface area contributed by atoms with Crippen LogP contribution in [-0.4, -0.2) is 12.5 Å². The van der Waals surface area contributed by atoms with Crippen molar-refractivity contribution in [1.29, 1.82) is 0 Å². The van der Waals surface area contributed by atoms with Crippen LogP contribution in [0.5, 0.6) is 5.75 Å². The molecule has 98 valence electrons. The van der Waals surface area contributed by atoms with Gasteiger partial charge in [-0.1, -0.05) is 12.1 Å². The van der Waals surface area contributed by atoms with E-state index < -0.39 is 0 Å². The van der Waals surface area contributed by atoms with Gasteiger partial charge in [0.05, 0.1) is 12.8 Å². The number of para-hydroxylation sites is 1. The number of anilines is 1. The molecule has 1 heterocycles. The lowest BCUT2D eigenvalue weighted by molar-refractivity contribution is -0.360. The van der Waals surface area contributed by atoms with Crippen LogP contribution in [0.4, 0.5) is 5.82 Å². The standard InChI is InChI=1S/C15H16N2O2/c1-3-19-13-7-5-4-6-12(13)15(18)17-14-10-11(2)8-9-16-14/h4-10H,3H2,1-2H3,(H,16,17,18)/p+1. The molecule has 0 saturated carbocycles. The molecule has 4 heteroatoms. The number of amides is 1. The van der Waals surface area contributed by atoms with Gasteiger partial charge in [0.2, 0.25) is 0 Å². The SMILES string of the molecule is CCOc1ccccc1C(=O)Nc1cc(C)cc[nH+]1. The molecule has 2 aromatic rings. The Hall–Kier alpha value is -2.36. The number of rotatable bonds is 4. The van der Waals surface area contributed by atoms with Gasteiger partial charge in [-0.2, -0.15) is 0 Å². The maximum Gasteiger partial charge on any atom is 0.342 e. The summed E-state index contributed by atoms with van der Waals surface area (Å²) in [4.78, 5) is 15.2. The molecule has 0 aliphatic heterocycles. The minimum absolute atomic E-state index is 0.189. The minimum Gasteiger partial charge on any atom is -0.493 e. The quantitative estimate of drug-likeness (QED) is 0.914. The van der Waals surface area contributed by atoms with E-state index in [-0.39, 0.29) is 5.91 Å². The zero-order valence-corrected chi connectivity index (χ0v) is 11.1. The van der Waals surface area contributed by atoms with Crippen LogP contribution in [0.15, 0.2) is 42.6 Å². The molecule has 4 nitrogen and oxygen atoms in total. The van der Waals surface area contributed by atoms with Crippen LogP contribution in [0.25, 0.3) is 0 Å². The number of aromatic amines is 1. The minimum atomic E-state index is -0.189. The van der Waals surface area contributed by atoms with Gasteiger partial charge in [-0.25, -0.2) is 15.1 Å². The second kappa shape index (κ2) is 6.00. The zero-order chi connectivity index (χ0) is 13.7. The van der Waals surface area contributed by atoms with Gasteiger partial charge >= 0.3 is 5.91 Å². The van der Waals surface area contributed by atoms with Gasteiger partial charge in [0.25, 0.3) is 5.82 Å². The predicted octanol–water partition coefficient (Wildman–Crippen LogP) is 2.46. The number of pyridine rings is 1. The van der Waals surface area contributed by atoms with Crippen molar-refractivity contribution >= 4 is 11.7 Å². The third kappa shape index (κ3) is 3.31. The molecule has 0 unspecified atom stereocenters. The lowest BCUT2D eigenvalue weighted by Crippen LogP contribution is -2.20. The second-order valence-corrected chi connectivity index (χ2v) is 4.16. The third-order valence-electron chi connectivity index (χ3n) is 2.64. The van der Waals surface area contributed by atoms with Gasteiger partial charge in [0.15, 0.2) is 0 Å². The third-order valence-corrected chi connectivity index (χ3v) is 2.64. The Labute approximate surface area is 112 Å². The molecule has 0 atom stereocenters. The Bertz CT molecular complexity index is 582. The molecule has 19 heavy (non-hydrogen) atoms. The van der Waals surface area contributed by atoms with Crippen LogP contribution in [0.2, 0.25) is 0 Å². The highest BCUT2D eigenvalue weighted by molar-refractivity contribution is 6.05. The molecule has 0 saturated heterocycles. The van der Waals surface area contributed by atoms with Crippen LogP contribution in [-0.2, 0) is 0 Å². The number of H-pyrrole nitrogens is 1. The van der Waals surface area contributed by atoms with Crippen LogP contribution in [0, 0.1) is 6.92 Å². The number of benzene rings is 1. The smallest absolute Gasteiger partial charge is 0.342 e. The second-order valence-electron chi connectivity index (χ2n) is 4.16. The van der Waals surface area contributed by atoms with Crippen molar-refractivity contribution in [3.8, 4) is 5.75 Å². The zero-order valence-electron chi connectivity index (χ0n) is 11.1. The number of hydrogen-bond acceptors (Lipinski definition) is 2. The molecule has 0 aliphatic carbocycles. The fourth-order valence-electron chi connectivity index (χ4n) is 1.78. The number of aromatic nitrogens is 1. The predicted molar refractivity (Wildman–Crippen MR) is 73.3 cm³/mol. The fourth-order valence-corrected chi connectivity index (χ4v) is 1.78. The van der Waals surface area contributed by atoms with Crippen LogP contribution >= 0.6 is 0 Å². The van der Waals surface area contributed by atoms with Gasteiger partial charge in [0, 0.05) is 6.07 Å². The van der Waals surface area contributed by atoms with Gasteiger partial charge in [-0.15, -0.1) is 0 Å². The van der Waals surface area contributed by atoms with Gasteiger partial charge in [-0.3, -0.25) is 0 Å². The normalized spacial score (nSPS) is 10.0. The molecule has 0 aliphatic rings. The van der Waals surface area contributed by atoms with Gasteiger partial charge in [-0.05, 0) is 37.6 Å². The fraction of sp³-hybridized carbons (Fsp3) is 0.200. The highest BCUT2D eigenvalue weighted by Gasteiger charge is 2.17. The van der Waals surface area contributed by atoms with Crippen LogP contribution < -0.4 is 15.0 Å². The highest BCUT2D eigenvalue weighted by atomic mass is 16.5. The number of ether oxygens (including phenoxy) is 1. The highest BCUT2D eigenvalue weighted by Crippen LogP contribution is 2.18. The van der Waals surface area contributed by atoms with E-state index in [4.69, 9.17) is 4.74 Å². The first-order valence-corrected chi connectivity index (χ1v) is 6.22.